The van der Waals surface area contributed by atoms with Crippen LogP contribution < -0.4 is 5.32 Å². The van der Waals surface area contributed by atoms with Gasteiger partial charge in [-0.1, -0.05) is 32.3 Å². The van der Waals surface area contributed by atoms with E-state index in [0.29, 0.717) is 6.04 Å². The van der Waals surface area contributed by atoms with E-state index in [1.807, 2.05) is 18.3 Å². The molecule has 19 heavy (non-hydrogen) atoms. The Bertz CT molecular complexity index is 313. The summed E-state index contributed by atoms with van der Waals surface area (Å²) in [5, 5.41) is 3.60. The van der Waals surface area contributed by atoms with Gasteiger partial charge in [0.2, 0.25) is 0 Å². The summed E-state index contributed by atoms with van der Waals surface area (Å²) in [7, 11) is 2.15. The lowest BCUT2D eigenvalue weighted by atomic mass is 10.1. The molecule has 1 aromatic heterocycles. The number of nitrogens with zero attached hydrogens (tertiary/aromatic N) is 2. The monoisotopic (exact) mass is 263 g/mol. The molecule has 1 rings (SSSR count). The molecule has 0 aliphatic rings. The molecule has 0 radical (unpaired) electrons. The highest BCUT2D eigenvalue weighted by molar-refractivity contribution is 5.02. The molecule has 0 aliphatic carbocycles. The van der Waals surface area contributed by atoms with Crippen molar-refractivity contribution >= 4 is 0 Å². The SMILES string of the molecule is CCCCCC(C)NCCN(C)Cc1ccccn1. The minimum atomic E-state index is 0.634. The van der Waals surface area contributed by atoms with Crippen molar-refractivity contribution in [3.05, 3.63) is 30.1 Å². The predicted molar refractivity (Wildman–Crippen MR) is 82.2 cm³/mol. The molecule has 1 aromatic rings. The number of hydrogen-bond acceptors (Lipinski definition) is 3. The first-order valence-corrected chi connectivity index (χ1v) is 7.54. The zero-order valence-corrected chi connectivity index (χ0v) is 12.7. The van der Waals surface area contributed by atoms with E-state index in [1.54, 1.807) is 0 Å². The molecule has 1 unspecified atom stereocenters. The summed E-state index contributed by atoms with van der Waals surface area (Å²) in [6.45, 7) is 7.58. The van der Waals surface area contributed by atoms with Crippen molar-refractivity contribution in [2.75, 3.05) is 20.1 Å². The fourth-order valence-electron chi connectivity index (χ4n) is 2.15. The van der Waals surface area contributed by atoms with Crippen LogP contribution in [0.1, 0.15) is 45.2 Å². The van der Waals surface area contributed by atoms with Gasteiger partial charge in [-0.25, -0.2) is 0 Å². The van der Waals surface area contributed by atoms with Crippen LogP contribution in [0.15, 0.2) is 24.4 Å². The van der Waals surface area contributed by atoms with E-state index in [1.165, 1.54) is 25.7 Å². The third-order valence-electron chi connectivity index (χ3n) is 3.39. The van der Waals surface area contributed by atoms with Gasteiger partial charge >= 0.3 is 0 Å². The van der Waals surface area contributed by atoms with Gasteiger partial charge in [0.15, 0.2) is 0 Å². The van der Waals surface area contributed by atoms with E-state index in [0.717, 1.165) is 25.3 Å². The van der Waals surface area contributed by atoms with E-state index in [4.69, 9.17) is 0 Å². The van der Waals surface area contributed by atoms with Crippen molar-refractivity contribution in [1.82, 2.24) is 15.2 Å². The highest BCUT2D eigenvalue weighted by atomic mass is 15.1. The zero-order valence-electron chi connectivity index (χ0n) is 12.7. The number of aromatic nitrogens is 1. The van der Waals surface area contributed by atoms with Gasteiger partial charge in [-0.15, -0.1) is 0 Å². The van der Waals surface area contributed by atoms with Crippen LogP contribution in [0.5, 0.6) is 0 Å². The lowest BCUT2D eigenvalue weighted by Crippen LogP contribution is -2.34. The van der Waals surface area contributed by atoms with Crippen LogP contribution in [0, 0.1) is 0 Å². The fraction of sp³-hybridized carbons (Fsp3) is 0.688. The molecule has 1 heterocycles. The van der Waals surface area contributed by atoms with Crippen molar-refractivity contribution < 1.29 is 0 Å². The first-order valence-electron chi connectivity index (χ1n) is 7.54. The molecule has 108 valence electrons. The molecule has 1 atom stereocenters. The van der Waals surface area contributed by atoms with E-state index in [2.05, 4.69) is 42.2 Å². The van der Waals surface area contributed by atoms with Gasteiger partial charge in [0.1, 0.15) is 0 Å². The fourth-order valence-corrected chi connectivity index (χ4v) is 2.15. The molecule has 0 saturated heterocycles. The molecule has 0 amide bonds. The summed E-state index contributed by atoms with van der Waals surface area (Å²) in [4.78, 5) is 6.66. The van der Waals surface area contributed by atoms with Gasteiger partial charge in [0, 0.05) is 31.9 Å². The standard InChI is InChI=1S/C16H29N3/c1-4-5-6-9-15(2)17-12-13-19(3)14-16-10-7-8-11-18-16/h7-8,10-11,15,17H,4-6,9,12-14H2,1-3H3. The Balaban J connectivity index is 2.08. The molecule has 1 N–H and O–H groups in total. The summed E-state index contributed by atoms with van der Waals surface area (Å²) in [6, 6.07) is 6.72. The second kappa shape index (κ2) is 9.93. The van der Waals surface area contributed by atoms with Crippen molar-refractivity contribution in [1.29, 1.82) is 0 Å². The smallest absolute Gasteiger partial charge is 0.0543 e. The number of unbranched alkanes of at least 4 members (excludes halogenated alkanes) is 2. The van der Waals surface area contributed by atoms with Gasteiger partial charge in [-0.05, 0) is 32.5 Å². The van der Waals surface area contributed by atoms with E-state index >= 15 is 0 Å². The Morgan fingerprint density at radius 2 is 2.16 bits per heavy atom. The van der Waals surface area contributed by atoms with E-state index in [-0.39, 0.29) is 0 Å². The Kier molecular flexibility index (Phi) is 8.43. The number of likely N-dealkylation sites (N-methyl/N-ethyl adjacent to an activating group) is 1. The second-order valence-corrected chi connectivity index (χ2v) is 5.41. The normalized spacial score (nSPS) is 12.8. The third kappa shape index (κ3) is 7.96. The van der Waals surface area contributed by atoms with Gasteiger partial charge in [0.05, 0.1) is 5.69 Å². The molecule has 0 saturated carbocycles. The maximum absolute atomic E-state index is 4.35. The van der Waals surface area contributed by atoms with Crippen molar-refractivity contribution in [2.24, 2.45) is 0 Å². The molecule has 3 nitrogen and oxygen atoms in total. The predicted octanol–water partition coefficient (Wildman–Crippen LogP) is 3.07. The highest BCUT2D eigenvalue weighted by Gasteiger charge is 2.03. The number of nitrogens with one attached hydrogen (secondary N) is 1. The first-order chi connectivity index (χ1) is 9.22. The van der Waals surface area contributed by atoms with E-state index in [9.17, 15) is 0 Å². The topological polar surface area (TPSA) is 28.2 Å². The molecular formula is C16H29N3. The number of hydrogen-bond donors (Lipinski definition) is 1. The largest absolute Gasteiger partial charge is 0.313 e. The van der Waals surface area contributed by atoms with Crippen molar-refractivity contribution in [3.63, 3.8) is 0 Å². The molecule has 0 bridgehead atoms. The molecule has 0 aromatic carbocycles. The van der Waals surface area contributed by atoms with Gasteiger partial charge in [-0.2, -0.15) is 0 Å². The first kappa shape index (κ1) is 16.1. The summed E-state index contributed by atoms with van der Waals surface area (Å²) in [5.41, 5.74) is 1.14. The van der Waals surface area contributed by atoms with Crippen LogP contribution in [0.3, 0.4) is 0 Å². The Labute approximate surface area is 118 Å². The lowest BCUT2D eigenvalue weighted by Gasteiger charge is -2.19. The molecule has 0 spiro atoms. The summed E-state index contributed by atoms with van der Waals surface area (Å²) in [6.07, 6.45) is 7.15. The number of pyridine rings is 1. The third-order valence-corrected chi connectivity index (χ3v) is 3.39. The quantitative estimate of drug-likeness (QED) is 0.658. The minimum Gasteiger partial charge on any atom is -0.313 e. The Morgan fingerprint density at radius 3 is 2.84 bits per heavy atom. The molecular weight excluding hydrogens is 234 g/mol. The van der Waals surface area contributed by atoms with Crippen LogP contribution in [0.4, 0.5) is 0 Å². The maximum atomic E-state index is 4.35. The molecule has 3 heteroatoms. The van der Waals surface area contributed by atoms with Crippen molar-refractivity contribution in [3.8, 4) is 0 Å². The summed E-state index contributed by atoms with van der Waals surface area (Å²) < 4.78 is 0. The minimum absolute atomic E-state index is 0.634. The number of rotatable bonds is 10. The zero-order chi connectivity index (χ0) is 13.9. The van der Waals surface area contributed by atoms with Gasteiger partial charge in [0.25, 0.3) is 0 Å². The van der Waals surface area contributed by atoms with Gasteiger partial charge in [-0.3, -0.25) is 9.88 Å². The second-order valence-electron chi connectivity index (χ2n) is 5.41. The van der Waals surface area contributed by atoms with Crippen LogP contribution in [-0.2, 0) is 6.54 Å². The Hall–Kier alpha value is -0.930. The summed E-state index contributed by atoms with van der Waals surface area (Å²) in [5.74, 6) is 0. The lowest BCUT2D eigenvalue weighted by molar-refractivity contribution is 0.312. The highest BCUT2D eigenvalue weighted by Crippen LogP contribution is 2.02. The molecule has 0 aliphatic heterocycles. The van der Waals surface area contributed by atoms with Crippen molar-refractivity contribution in [2.45, 2.75) is 52.1 Å². The van der Waals surface area contributed by atoms with E-state index < -0.39 is 0 Å². The maximum Gasteiger partial charge on any atom is 0.0543 e. The van der Waals surface area contributed by atoms with Crippen LogP contribution in [0.2, 0.25) is 0 Å². The Morgan fingerprint density at radius 1 is 1.32 bits per heavy atom. The van der Waals surface area contributed by atoms with Crippen LogP contribution >= 0.6 is 0 Å². The average Bonchev–Trinajstić information content (AvgIpc) is 2.40. The van der Waals surface area contributed by atoms with Crippen LogP contribution in [0.25, 0.3) is 0 Å². The van der Waals surface area contributed by atoms with Gasteiger partial charge < -0.3 is 5.32 Å². The van der Waals surface area contributed by atoms with Crippen LogP contribution in [-0.4, -0.2) is 36.1 Å². The summed E-state index contributed by atoms with van der Waals surface area (Å²) >= 11 is 0. The average molecular weight is 263 g/mol. The molecule has 0 fully saturated rings.